The lowest BCUT2D eigenvalue weighted by atomic mass is 9.72. The maximum Gasteiger partial charge on any atom is 0.117 e. The molecule has 0 spiro atoms. The minimum Gasteiger partial charge on any atom is -0.391 e. The van der Waals surface area contributed by atoms with E-state index in [1.165, 1.54) is 4.90 Å². The van der Waals surface area contributed by atoms with Crippen molar-refractivity contribution in [3.05, 3.63) is 102 Å². The Labute approximate surface area is 189 Å². The summed E-state index contributed by atoms with van der Waals surface area (Å²) in [5, 5.41) is 22.5. The van der Waals surface area contributed by atoms with Gasteiger partial charge in [-0.3, -0.25) is 0 Å². The molecule has 0 saturated carbocycles. The van der Waals surface area contributed by atoms with Crippen molar-refractivity contribution in [1.82, 2.24) is 4.90 Å². The maximum absolute atomic E-state index is 12.0. The van der Waals surface area contributed by atoms with E-state index in [4.69, 9.17) is 0 Å². The van der Waals surface area contributed by atoms with Gasteiger partial charge in [0, 0.05) is 17.2 Å². The van der Waals surface area contributed by atoms with E-state index < -0.39 is 5.60 Å². The van der Waals surface area contributed by atoms with Crippen LogP contribution in [0.15, 0.2) is 95.9 Å². The van der Waals surface area contributed by atoms with Crippen molar-refractivity contribution in [2.75, 3.05) is 25.4 Å². The summed E-state index contributed by atoms with van der Waals surface area (Å²) in [7, 11) is 0. The van der Waals surface area contributed by atoms with E-state index >= 15 is 0 Å². The van der Waals surface area contributed by atoms with Crippen molar-refractivity contribution in [2.45, 2.75) is 29.4 Å². The van der Waals surface area contributed by atoms with Gasteiger partial charge in [-0.1, -0.05) is 78.9 Å². The quantitative estimate of drug-likeness (QED) is 0.502. The van der Waals surface area contributed by atoms with Crippen molar-refractivity contribution in [2.24, 2.45) is 5.92 Å². The fourth-order valence-corrected chi connectivity index (χ4v) is 5.46. The van der Waals surface area contributed by atoms with Crippen LogP contribution < -0.4 is 0 Å². The number of thioether (sulfide) groups is 1. The third-order valence-electron chi connectivity index (χ3n) is 6.26. The van der Waals surface area contributed by atoms with Crippen LogP contribution in [0.1, 0.15) is 24.0 Å². The van der Waals surface area contributed by atoms with Crippen LogP contribution >= 0.6 is 11.8 Å². The summed E-state index contributed by atoms with van der Waals surface area (Å²) in [6, 6.07) is 30.3. The van der Waals surface area contributed by atoms with E-state index in [-0.39, 0.29) is 12.0 Å². The summed E-state index contributed by atoms with van der Waals surface area (Å²) >= 11 is 1.70. The Bertz CT molecular complexity index is 872. The van der Waals surface area contributed by atoms with E-state index in [2.05, 4.69) is 17.0 Å². The van der Waals surface area contributed by atoms with E-state index in [1.54, 1.807) is 11.8 Å². The molecule has 4 rings (SSSR count). The summed E-state index contributed by atoms with van der Waals surface area (Å²) in [6.45, 7) is 2.46. The molecule has 1 saturated heterocycles. The zero-order chi connectivity index (χ0) is 21.5. The molecule has 0 aromatic heterocycles. The third kappa shape index (κ3) is 5.39. The van der Waals surface area contributed by atoms with Crippen LogP contribution in [0.3, 0.4) is 0 Å². The number of likely N-dealkylation sites (tertiary alicyclic amines) is 1. The van der Waals surface area contributed by atoms with Gasteiger partial charge in [0.25, 0.3) is 0 Å². The van der Waals surface area contributed by atoms with Crippen LogP contribution in [0, 0.1) is 5.92 Å². The lowest BCUT2D eigenvalue weighted by Crippen LogP contribution is -2.46. The Hall–Kier alpha value is -2.11. The summed E-state index contributed by atoms with van der Waals surface area (Å²) in [5.41, 5.74) is 0.925. The van der Waals surface area contributed by atoms with Crippen LogP contribution in [-0.2, 0) is 5.60 Å². The number of β-amino-alcohol motifs (C(OH)–C–C–N with tert-alkyl or cyclic N) is 1. The van der Waals surface area contributed by atoms with Gasteiger partial charge in [0.15, 0.2) is 0 Å². The molecule has 0 radical (unpaired) electrons. The second-order valence-electron chi connectivity index (χ2n) is 8.35. The standard InChI is InChI=1S/C27H31NO2S/c29-25(21-31-26-14-8-3-9-15-26)20-28-18-16-24(17-19-28)27(30,22-10-4-1-5-11-22)23-12-6-2-7-13-23/h1-15,24-25,29-30H,16-21H2. The van der Waals surface area contributed by atoms with Crippen molar-refractivity contribution in [1.29, 1.82) is 0 Å². The maximum atomic E-state index is 12.0. The number of piperidine rings is 1. The number of aliphatic hydroxyl groups excluding tert-OH is 1. The van der Waals surface area contributed by atoms with Crippen molar-refractivity contribution >= 4 is 11.8 Å². The normalized spacial score (nSPS) is 16.8. The van der Waals surface area contributed by atoms with Gasteiger partial charge in [0.1, 0.15) is 5.60 Å². The van der Waals surface area contributed by atoms with E-state index in [0.717, 1.165) is 37.1 Å². The van der Waals surface area contributed by atoms with Gasteiger partial charge in [0.05, 0.1) is 6.10 Å². The molecule has 1 fully saturated rings. The van der Waals surface area contributed by atoms with E-state index in [0.29, 0.717) is 12.3 Å². The highest BCUT2D eigenvalue weighted by Gasteiger charge is 2.41. The molecule has 162 valence electrons. The number of benzene rings is 3. The predicted octanol–water partition coefficient (Wildman–Crippen LogP) is 4.79. The second-order valence-corrected chi connectivity index (χ2v) is 9.44. The van der Waals surface area contributed by atoms with Gasteiger partial charge in [-0.05, 0) is 55.1 Å². The van der Waals surface area contributed by atoms with Crippen molar-refractivity contribution in [3.63, 3.8) is 0 Å². The number of rotatable bonds is 8. The highest BCUT2D eigenvalue weighted by molar-refractivity contribution is 7.99. The molecule has 0 amide bonds. The molecule has 31 heavy (non-hydrogen) atoms. The first-order valence-electron chi connectivity index (χ1n) is 11.1. The number of hydrogen-bond acceptors (Lipinski definition) is 4. The zero-order valence-corrected chi connectivity index (χ0v) is 18.6. The Balaban J connectivity index is 1.38. The summed E-state index contributed by atoms with van der Waals surface area (Å²) in [6.07, 6.45) is 1.45. The molecule has 2 N–H and O–H groups in total. The molecule has 4 heteroatoms. The van der Waals surface area contributed by atoms with E-state index in [1.807, 2.05) is 78.9 Å². The summed E-state index contributed by atoms with van der Waals surface area (Å²) < 4.78 is 0. The number of nitrogens with zero attached hydrogens (tertiary/aromatic N) is 1. The van der Waals surface area contributed by atoms with Gasteiger partial charge in [0.2, 0.25) is 0 Å². The number of aliphatic hydroxyl groups is 2. The van der Waals surface area contributed by atoms with Crippen LogP contribution in [0.5, 0.6) is 0 Å². The molecular formula is C27H31NO2S. The average molecular weight is 434 g/mol. The first-order valence-corrected chi connectivity index (χ1v) is 12.1. The Morgan fingerprint density at radius 3 is 1.81 bits per heavy atom. The zero-order valence-electron chi connectivity index (χ0n) is 17.8. The van der Waals surface area contributed by atoms with E-state index in [9.17, 15) is 10.2 Å². The molecule has 1 aliphatic rings. The Morgan fingerprint density at radius 2 is 1.29 bits per heavy atom. The van der Waals surface area contributed by atoms with Gasteiger partial charge in [-0.2, -0.15) is 0 Å². The topological polar surface area (TPSA) is 43.7 Å². The molecule has 1 aliphatic heterocycles. The summed E-state index contributed by atoms with van der Waals surface area (Å²) in [4.78, 5) is 3.53. The van der Waals surface area contributed by atoms with Gasteiger partial charge >= 0.3 is 0 Å². The first kappa shape index (κ1) is 22.1. The molecule has 1 atom stereocenters. The number of hydrogen-bond donors (Lipinski definition) is 2. The molecule has 3 aromatic rings. The summed E-state index contributed by atoms with van der Waals surface area (Å²) in [5.74, 6) is 0.839. The molecule has 3 aromatic carbocycles. The highest BCUT2D eigenvalue weighted by atomic mass is 32.2. The molecule has 0 aliphatic carbocycles. The SMILES string of the molecule is OC(CSc1ccccc1)CN1CCC(C(O)(c2ccccc2)c2ccccc2)CC1. The van der Waals surface area contributed by atoms with Crippen LogP contribution in [0.25, 0.3) is 0 Å². The van der Waals surface area contributed by atoms with Gasteiger partial charge in [-0.25, -0.2) is 0 Å². The van der Waals surface area contributed by atoms with Crippen LogP contribution in [0.2, 0.25) is 0 Å². The van der Waals surface area contributed by atoms with Crippen LogP contribution in [-0.4, -0.2) is 46.6 Å². The van der Waals surface area contributed by atoms with Crippen LogP contribution in [0.4, 0.5) is 0 Å². The Morgan fingerprint density at radius 1 is 0.806 bits per heavy atom. The predicted molar refractivity (Wildman–Crippen MR) is 128 cm³/mol. The first-order chi connectivity index (χ1) is 15.2. The third-order valence-corrected chi connectivity index (χ3v) is 7.42. The second kappa shape index (κ2) is 10.5. The largest absolute Gasteiger partial charge is 0.391 e. The molecule has 0 bridgehead atoms. The smallest absolute Gasteiger partial charge is 0.117 e. The van der Waals surface area contributed by atoms with Gasteiger partial charge in [-0.15, -0.1) is 11.8 Å². The fraction of sp³-hybridized carbons (Fsp3) is 0.333. The van der Waals surface area contributed by atoms with Gasteiger partial charge < -0.3 is 15.1 Å². The molecular weight excluding hydrogens is 402 g/mol. The molecule has 3 nitrogen and oxygen atoms in total. The minimum absolute atomic E-state index is 0.143. The monoisotopic (exact) mass is 433 g/mol. The lowest BCUT2D eigenvalue weighted by Gasteiger charge is -2.42. The highest BCUT2D eigenvalue weighted by Crippen LogP contribution is 2.41. The van der Waals surface area contributed by atoms with Crippen molar-refractivity contribution < 1.29 is 10.2 Å². The fourth-order valence-electron chi connectivity index (χ4n) is 4.62. The lowest BCUT2D eigenvalue weighted by molar-refractivity contribution is -0.0186. The Kier molecular flexibility index (Phi) is 7.46. The average Bonchev–Trinajstić information content (AvgIpc) is 2.84. The van der Waals surface area contributed by atoms with Crippen molar-refractivity contribution in [3.8, 4) is 0 Å². The molecule has 1 unspecified atom stereocenters. The molecule has 1 heterocycles. The minimum atomic E-state index is -0.990.